The molecular formula is C24H26ClN3O4. The maximum atomic E-state index is 12.7. The van der Waals surface area contributed by atoms with E-state index in [0.717, 1.165) is 12.1 Å². The second-order valence-corrected chi connectivity index (χ2v) is 7.37. The summed E-state index contributed by atoms with van der Waals surface area (Å²) in [6.07, 6.45) is 0.678. The van der Waals surface area contributed by atoms with Crippen molar-refractivity contribution in [1.29, 1.82) is 0 Å². The number of nitrogens with one attached hydrogen (secondary N) is 2. The maximum absolute atomic E-state index is 12.7. The van der Waals surface area contributed by atoms with Crippen molar-refractivity contribution in [3.8, 4) is 11.5 Å². The van der Waals surface area contributed by atoms with Crippen LogP contribution in [0, 0.1) is 0 Å². The molecule has 0 spiro atoms. The van der Waals surface area contributed by atoms with E-state index in [1.165, 1.54) is 24.3 Å². The highest BCUT2D eigenvalue weighted by atomic mass is 35.5. The lowest BCUT2D eigenvalue weighted by Crippen LogP contribution is -2.18. The molecule has 0 aliphatic heterocycles. The first kappa shape index (κ1) is 24.7. The van der Waals surface area contributed by atoms with Crippen molar-refractivity contribution in [3.05, 3.63) is 83.4 Å². The molecule has 0 radical (unpaired) electrons. The number of hydrogen-bond acceptors (Lipinski definition) is 5. The van der Waals surface area contributed by atoms with Crippen LogP contribution in [0.4, 0.5) is 11.4 Å². The number of phenolic OH excluding ortho intramolecular Hbond substituents is 2. The Morgan fingerprint density at radius 2 is 1.34 bits per heavy atom. The molecule has 0 aromatic heterocycles. The van der Waals surface area contributed by atoms with Gasteiger partial charge >= 0.3 is 0 Å². The van der Waals surface area contributed by atoms with Crippen molar-refractivity contribution >= 4 is 35.6 Å². The number of aromatic hydroxyl groups is 2. The van der Waals surface area contributed by atoms with E-state index in [-0.39, 0.29) is 35.0 Å². The molecule has 32 heavy (non-hydrogen) atoms. The minimum absolute atomic E-state index is 0. The number of anilines is 2. The lowest BCUT2D eigenvalue weighted by Gasteiger charge is -2.16. The van der Waals surface area contributed by atoms with Crippen LogP contribution in [-0.4, -0.2) is 47.6 Å². The second-order valence-electron chi connectivity index (χ2n) is 7.37. The molecule has 0 saturated heterocycles. The van der Waals surface area contributed by atoms with Gasteiger partial charge < -0.3 is 25.7 Å². The molecule has 0 fully saturated rings. The van der Waals surface area contributed by atoms with Crippen LogP contribution in [0.3, 0.4) is 0 Å². The monoisotopic (exact) mass is 455 g/mol. The molecule has 0 atom stereocenters. The van der Waals surface area contributed by atoms with Crippen LogP contribution in [-0.2, 0) is 6.42 Å². The Kier molecular flexibility index (Phi) is 8.63. The minimum atomic E-state index is -0.461. The van der Waals surface area contributed by atoms with Gasteiger partial charge in [-0.05, 0) is 62.5 Å². The third-order valence-corrected chi connectivity index (χ3v) is 4.74. The van der Waals surface area contributed by atoms with Gasteiger partial charge in [-0.25, -0.2) is 0 Å². The molecule has 7 nitrogen and oxygen atoms in total. The van der Waals surface area contributed by atoms with Gasteiger partial charge in [-0.1, -0.05) is 30.3 Å². The maximum Gasteiger partial charge on any atom is 0.259 e. The normalized spacial score (nSPS) is 10.3. The highest BCUT2D eigenvalue weighted by Gasteiger charge is 2.15. The Labute approximate surface area is 193 Å². The fourth-order valence-electron chi connectivity index (χ4n) is 3.05. The summed E-state index contributed by atoms with van der Waals surface area (Å²) in [6.45, 7) is 0.767. The number of phenols is 2. The molecular weight excluding hydrogens is 430 g/mol. The molecule has 8 heteroatoms. The third-order valence-electron chi connectivity index (χ3n) is 4.74. The number of nitrogens with zero attached hydrogens (tertiary/aromatic N) is 1. The zero-order chi connectivity index (χ0) is 22.4. The largest absolute Gasteiger partial charge is 0.507 e. The van der Waals surface area contributed by atoms with Gasteiger partial charge in [0.05, 0.1) is 11.1 Å². The van der Waals surface area contributed by atoms with Crippen molar-refractivity contribution in [1.82, 2.24) is 4.90 Å². The first-order valence-electron chi connectivity index (χ1n) is 9.81. The number of halogens is 1. The average Bonchev–Trinajstić information content (AvgIpc) is 2.73. The SMILES string of the molecule is CN(C)CCc1ccc(NC(=O)c2ccccc2O)cc1NC(=O)c1ccccc1O.Cl. The molecule has 0 saturated carbocycles. The van der Waals surface area contributed by atoms with E-state index < -0.39 is 11.8 Å². The molecule has 168 valence electrons. The van der Waals surface area contributed by atoms with Gasteiger partial charge in [0.15, 0.2) is 0 Å². The molecule has 0 heterocycles. The average molecular weight is 456 g/mol. The summed E-state index contributed by atoms with van der Waals surface area (Å²) < 4.78 is 0. The van der Waals surface area contributed by atoms with Crippen LogP contribution in [0.15, 0.2) is 66.7 Å². The van der Waals surface area contributed by atoms with Crippen molar-refractivity contribution in [2.45, 2.75) is 6.42 Å². The summed E-state index contributed by atoms with van der Waals surface area (Å²) in [5, 5.41) is 25.5. The number of likely N-dealkylation sites (N-methyl/N-ethyl adjacent to an activating group) is 1. The summed E-state index contributed by atoms with van der Waals surface area (Å²) in [5.74, 6) is -1.14. The summed E-state index contributed by atoms with van der Waals surface area (Å²) in [6, 6.07) is 17.8. The quantitative estimate of drug-likeness (QED) is 0.429. The minimum Gasteiger partial charge on any atom is -0.507 e. The van der Waals surface area contributed by atoms with Gasteiger partial charge in [0, 0.05) is 17.9 Å². The Bertz CT molecular complexity index is 1100. The molecule has 3 aromatic rings. The Morgan fingerprint density at radius 1 is 0.812 bits per heavy atom. The fourth-order valence-corrected chi connectivity index (χ4v) is 3.05. The summed E-state index contributed by atoms with van der Waals surface area (Å²) >= 11 is 0. The second kappa shape index (κ2) is 11.2. The molecule has 0 bridgehead atoms. The standard InChI is InChI=1S/C24H25N3O4.ClH/c1-27(2)14-13-16-11-12-17(25-23(30)18-7-3-5-9-21(18)28)15-20(16)26-24(31)19-8-4-6-10-22(19)29;/h3-12,15,28-29H,13-14H2,1-2H3,(H,25,30)(H,26,31);1H. The highest BCUT2D eigenvalue weighted by molar-refractivity contribution is 6.08. The smallest absolute Gasteiger partial charge is 0.259 e. The van der Waals surface area contributed by atoms with Crippen molar-refractivity contribution in [2.75, 3.05) is 31.3 Å². The zero-order valence-corrected chi connectivity index (χ0v) is 18.6. The van der Waals surface area contributed by atoms with E-state index >= 15 is 0 Å². The van der Waals surface area contributed by atoms with E-state index in [1.807, 2.05) is 25.1 Å². The van der Waals surface area contributed by atoms with Crippen LogP contribution < -0.4 is 10.6 Å². The van der Waals surface area contributed by atoms with Gasteiger partial charge in [-0.3, -0.25) is 9.59 Å². The number of amides is 2. The summed E-state index contributed by atoms with van der Waals surface area (Å²) in [7, 11) is 3.92. The van der Waals surface area contributed by atoms with Gasteiger partial charge in [-0.15, -0.1) is 12.4 Å². The van der Waals surface area contributed by atoms with Gasteiger partial charge in [0.2, 0.25) is 0 Å². The first-order valence-corrected chi connectivity index (χ1v) is 9.81. The molecule has 4 N–H and O–H groups in total. The molecule has 0 unspecified atom stereocenters. The van der Waals surface area contributed by atoms with Crippen molar-refractivity contribution in [3.63, 3.8) is 0 Å². The molecule has 0 aliphatic carbocycles. The predicted octanol–water partition coefficient (Wildman–Crippen LogP) is 4.13. The third kappa shape index (κ3) is 6.23. The fraction of sp³-hybridized carbons (Fsp3) is 0.167. The Hall–Kier alpha value is -3.55. The van der Waals surface area contributed by atoms with Gasteiger partial charge in [0.25, 0.3) is 11.8 Å². The highest BCUT2D eigenvalue weighted by Crippen LogP contribution is 2.25. The van der Waals surface area contributed by atoms with Crippen LogP contribution in [0.5, 0.6) is 11.5 Å². The lowest BCUT2D eigenvalue weighted by molar-refractivity contribution is 0.101. The summed E-state index contributed by atoms with van der Waals surface area (Å²) in [5.41, 5.74) is 2.20. The lowest BCUT2D eigenvalue weighted by atomic mass is 10.1. The van der Waals surface area contributed by atoms with Crippen LogP contribution in [0.2, 0.25) is 0 Å². The number of para-hydroxylation sites is 2. The molecule has 3 aromatic carbocycles. The number of benzene rings is 3. The topological polar surface area (TPSA) is 102 Å². The van der Waals surface area contributed by atoms with Crippen molar-refractivity contribution in [2.24, 2.45) is 0 Å². The van der Waals surface area contributed by atoms with Crippen LogP contribution in [0.1, 0.15) is 26.3 Å². The van der Waals surface area contributed by atoms with E-state index in [2.05, 4.69) is 10.6 Å². The first-order chi connectivity index (χ1) is 14.8. The molecule has 3 rings (SSSR count). The van der Waals surface area contributed by atoms with Gasteiger partial charge in [-0.2, -0.15) is 0 Å². The Morgan fingerprint density at radius 3 is 1.88 bits per heavy atom. The van der Waals surface area contributed by atoms with Crippen LogP contribution >= 0.6 is 12.4 Å². The number of carbonyl (C=O) groups is 2. The van der Waals surface area contributed by atoms with E-state index in [1.54, 1.807) is 36.4 Å². The van der Waals surface area contributed by atoms with E-state index in [4.69, 9.17) is 0 Å². The number of carbonyl (C=O) groups excluding carboxylic acids is 2. The number of rotatable bonds is 7. The predicted molar refractivity (Wildman–Crippen MR) is 128 cm³/mol. The molecule has 0 aliphatic rings. The molecule has 2 amide bonds. The van der Waals surface area contributed by atoms with Crippen molar-refractivity contribution < 1.29 is 19.8 Å². The summed E-state index contributed by atoms with van der Waals surface area (Å²) in [4.78, 5) is 27.3. The van der Waals surface area contributed by atoms with Gasteiger partial charge in [0.1, 0.15) is 11.5 Å². The zero-order valence-electron chi connectivity index (χ0n) is 17.8. The number of hydrogen-bond donors (Lipinski definition) is 4. The Balaban J connectivity index is 0.00000363. The van der Waals surface area contributed by atoms with E-state index in [9.17, 15) is 19.8 Å². The van der Waals surface area contributed by atoms with E-state index in [0.29, 0.717) is 17.8 Å². The van der Waals surface area contributed by atoms with Crippen LogP contribution in [0.25, 0.3) is 0 Å².